The first kappa shape index (κ1) is 14.4. The number of hydrogen-bond donors (Lipinski definition) is 0. The highest BCUT2D eigenvalue weighted by molar-refractivity contribution is 6.22. The van der Waals surface area contributed by atoms with Crippen LogP contribution in [0.3, 0.4) is 0 Å². The predicted octanol–water partition coefficient (Wildman–Crippen LogP) is 0.372. The van der Waals surface area contributed by atoms with Crippen molar-refractivity contribution in [3.8, 4) is 5.75 Å². The monoisotopic (exact) mass is 294 g/mol. The van der Waals surface area contributed by atoms with Crippen LogP contribution >= 0.6 is 0 Å². The number of carbonyl (C=O) groups excluding carboxylic acids is 3. The number of esters is 1. The second kappa shape index (κ2) is 5.19. The normalized spacial score (nSPS) is 13.1. The van der Waals surface area contributed by atoms with Gasteiger partial charge in [-0.25, -0.2) is 0 Å². The summed E-state index contributed by atoms with van der Waals surface area (Å²) in [5.41, 5.74) is -0.625. The zero-order valence-electron chi connectivity index (χ0n) is 11.1. The number of fused-ring (bicyclic) bond motifs is 1. The van der Waals surface area contributed by atoms with Crippen molar-refractivity contribution >= 4 is 23.5 Å². The van der Waals surface area contributed by atoms with E-state index in [2.05, 4.69) is 4.74 Å². The van der Waals surface area contributed by atoms with Gasteiger partial charge < -0.3 is 9.47 Å². The molecule has 0 radical (unpaired) electrons. The van der Waals surface area contributed by atoms with Crippen molar-refractivity contribution in [1.29, 1.82) is 0 Å². The average Bonchev–Trinajstić information content (AvgIpc) is 2.70. The van der Waals surface area contributed by atoms with Gasteiger partial charge in [0.15, 0.2) is 5.75 Å². The number of hydrogen-bond acceptors (Lipinski definition) is 7. The third-order valence-corrected chi connectivity index (χ3v) is 2.98. The lowest BCUT2D eigenvalue weighted by atomic mass is 10.1. The number of carbonyl (C=O) groups is 3. The van der Waals surface area contributed by atoms with Crippen LogP contribution in [0.5, 0.6) is 5.75 Å². The van der Waals surface area contributed by atoms with E-state index in [-0.39, 0.29) is 16.9 Å². The van der Waals surface area contributed by atoms with Gasteiger partial charge in [0.1, 0.15) is 6.54 Å². The van der Waals surface area contributed by atoms with Crippen molar-refractivity contribution in [1.82, 2.24) is 4.90 Å². The summed E-state index contributed by atoms with van der Waals surface area (Å²) >= 11 is 0. The van der Waals surface area contributed by atoms with E-state index >= 15 is 0 Å². The maximum atomic E-state index is 12.1. The molecule has 0 atom stereocenters. The van der Waals surface area contributed by atoms with Crippen LogP contribution < -0.4 is 4.74 Å². The Kier molecular flexibility index (Phi) is 3.57. The second-order valence-electron chi connectivity index (χ2n) is 4.10. The fraction of sp³-hybridized carbons (Fsp3) is 0.250. The zero-order chi connectivity index (χ0) is 15.7. The van der Waals surface area contributed by atoms with Gasteiger partial charge >= 0.3 is 11.7 Å². The summed E-state index contributed by atoms with van der Waals surface area (Å²) < 4.78 is 9.23. The number of methoxy groups -OCH3 is 2. The Bertz CT molecular complexity index is 668. The minimum atomic E-state index is -0.786. The maximum absolute atomic E-state index is 12.1. The van der Waals surface area contributed by atoms with E-state index in [1.807, 2.05) is 0 Å². The fourth-order valence-electron chi connectivity index (χ4n) is 1.95. The van der Waals surface area contributed by atoms with Crippen molar-refractivity contribution in [2.75, 3.05) is 20.8 Å². The molecule has 0 N–H and O–H groups in total. The molecule has 0 aliphatic carbocycles. The largest absolute Gasteiger partial charge is 0.490 e. The van der Waals surface area contributed by atoms with E-state index in [4.69, 9.17) is 4.74 Å². The minimum Gasteiger partial charge on any atom is -0.490 e. The van der Waals surface area contributed by atoms with Crippen LogP contribution in [0.4, 0.5) is 5.69 Å². The SMILES string of the molecule is COC(=O)CN1C(=O)c2cc(OC)c([N+](=O)[O-])cc2C1=O. The predicted molar refractivity (Wildman–Crippen MR) is 67.0 cm³/mol. The quantitative estimate of drug-likeness (QED) is 0.341. The summed E-state index contributed by atoms with van der Waals surface area (Å²) in [5.74, 6) is -2.43. The Hall–Kier alpha value is -2.97. The summed E-state index contributed by atoms with van der Waals surface area (Å²) in [7, 11) is 2.33. The number of rotatable bonds is 4. The van der Waals surface area contributed by atoms with Crippen molar-refractivity contribution in [3.05, 3.63) is 33.4 Å². The Morgan fingerprint density at radius 2 is 1.81 bits per heavy atom. The summed E-state index contributed by atoms with van der Waals surface area (Å²) in [5, 5.41) is 10.9. The van der Waals surface area contributed by atoms with Crippen molar-refractivity contribution in [2.45, 2.75) is 0 Å². The molecule has 2 amide bonds. The molecule has 9 nitrogen and oxygen atoms in total. The highest BCUT2D eigenvalue weighted by atomic mass is 16.6. The molecule has 0 unspecified atom stereocenters. The Labute approximate surface area is 118 Å². The fourth-order valence-corrected chi connectivity index (χ4v) is 1.95. The van der Waals surface area contributed by atoms with Crippen LogP contribution in [0.2, 0.25) is 0 Å². The molecule has 1 aliphatic rings. The lowest BCUT2D eigenvalue weighted by Crippen LogP contribution is -2.35. The summed E-state index contributed by atoms with van der Waals surface area (Å²) in [4.78, 5) is 46.2. The molecule has 1 aliphatic heterocycles. The molecule has 1 aromatic rings. The summed E-state index contributed by atoms with van der Waals surface area (Å²) in [6, 6.07) is 2.08. The maximum Gasteiger partial charge on any atom is 0.325 e. The van der Waals surface area contributed by atoms with Gasteiger partial charge in [0, 0.05) is 12.1 Å². The molecule has 110 valence electrons. The second-order valence-corrected chi connectivity index (χ2v) is 4.10. The number of nitro benzene ring substituents is 1. The van der Waals surface area contributed by atoms with Crippen molar-refractivity contribution in [3.63, 3.8) is 0 Å². The molecule has 0 bridgehead atoms. The van der Waals surface area contributed by atoms with Gasteiger partial charge in [-0.15, -0.1) is 0 Å². The number of amides is 2. The first-order valence-corrected chi connectivity index (χ1v) is 5.70. The molecule has 0 fully saturated rings. The number of ether oxygens (including phenoxy) is 2. The van der Waals surface area contributed by atoms with E-state index in [0.29, 0.717) is 4.90 Å². The van der Waals surface area contributed by atoms with Gasteiger partial charge in [-0.05, 0) is 0 Å². The first-order chi connectivity index (χ1) is 9.90. The molecule has 0 saturated carbocycles. The molecule has 1 heterocycles. The van der Waals surface area contributed by atoms with Crippen LogP contribution in [0.1, 0.15) is 20.7 Å². The third kappa shape index (κ3) is 2.29. The molecular weight excluding hydrogens is 284 g/mol. The van der Waals surface area contributed by atoms with Crippen molar-refractivity contribution in [2.24, 2.45) is 0 Å². The molecule has 9 heteroatoms. The Morgan fingerprint density at radius 3 is 2.29 bits per heavy atom. The van der Waals surface area contributed by atoms with Crippen LogP contribution in [0.15, 0.2) is 12.1 Å². The zero-order valence-corrected chi connectivity index (χ0v) is 11.1. The van der Waals surface area contributed by atoms with Gasteiger partial charge in [-0.1, -0.05) is 0 Å². The standard InChI is InChI=1S/C12H10N2O7/c1-20-9-4-7-6(3-8(9)14(18)19)11(16)13(12(7)17)5-10(15)21-2/h3-4H,5H2,1-2H3. The van der Waals surface area contributed by atoms with Gasteiger partial charge in [0.25, 0.3) is 11.8 Å². The van der Waals surface area contributed by atoms with Crippen molar-refractivity contribution < 1.29 is 28.8 Å². The van der Waals surface area contributed by atoms with E-state index in [0.717, 1.165) is 19.2 Å². The smallest absolute Gasteiger partial charge is 0.325 e. The van der Waals surface area contributed by atoms with Crippen LogP contribution in [-0.2, 0) is 9.53 Å². The molecule has 1 aromatic carbocycles. The summed E-state index contributed by atoms with van der Waals surface area (Å²) in [6.45, 7) is -0.557. The molecule has 0 aromatic heterocycles. The van der Waals surface area contributed by atoms with Gasteiger partial charge in [0.05, 0.1) is 30.3 Å². The highest BCUT2D eigenvalue weighted by Gasteiger charge is 2.39. The highest BCUT2D eigenvalue weighted by Crippen LogP contribution is 2.34. The Morgan fingerprint density at radius 1 is 1.24 bits per heavy atom. The Balaban J connectivity index is 2.49. The van der Waals surface area contributed by atoms with E-state index in [1.54, 1.807) is 0 Å². The lowest BCUT2D eigenvalue weighted by molar-refractivity contribution is -0.385. The average molecular weight is 294 g/mol. The third-order valence-electron chi connectivity index (χ3n) is 2.98. The lowest BCUT2D eigenvalue weighted by Gasteiger charge is -2.11. The van der Waals surface area contributed by atoms with Gasteiger partial charge in [-0.2, -0.15) is 0 Å². The molecular formula is C12H10N2O7. The molecule has 0 saturated heterocycles. The number of benzene rings is 1. The molecule has 21 heavy (non-hydrogen) atoms. The number of imide groups is 1. The molecule has 0 spiro atoms. The number of nitro groups is 1. The van der Waals surface area contributed by atoms with E-state index in [9.17, 15) is 24.5 Å². The van der Waals surface area contributed by atoms with E-state index in [1.165, 1.54) is 7.11 Å². The van der Waals surface area contributed by atoms with Gasteiger partial charge in [-0.3, -0.25) is 29.4 Å². The number of nitrogens with zero attached hydrogens (tertiary/aromatic N) is 2. The topological polar surface area (TPSA) is 116 Å². The molecule has 2 rings (SSSR count). The van der Waals surface area contributed by atoms with Crippen LogP contribution in [0, 0.1) is 10.1 Å². The van der Waals surface area contributed by atoms with Crippen LogP contribution in [-0.4, -0.2) is 48.4 Å². The van der Waals surface area contributed by atoms with Crippen LogP contribution in [0.25, 0.3) is 0 Å². The minimum absolute atomic E-state index is 0.0497. The summed E-state index contributed by atoms with van der Waals surface area (Å²) in [6.07, 6.45) is 0. The van der Waals surface area contributed by atoms with Gasteiger partial charge in [0.2, 0.25) is 0 Å². The first-order valence-electron chi connectivity index (χ1n) is 5.70. The van der Waals surface area contributed by atoms with E-state index < -0.39 is 34.9 Å².